The molecule has 9 heteroatoms. The number of aliphatic carboxylic acids is 2. The van der Waals surface area contributed by atoms with Crippen LogP contribution in [0.1, 0.15) is 106 Å². The van der Waals surface area contributed by atoms with Gasteiger partial charge < -0.3 is 19.8 Å². The van der Waals surface area contributed by atoms with Gasteiger partial charge in [-0.15, -0.1) is 0 Å². The third-order valence-electron chi connectivity index (χ3n) is 4.84. The summed E-state index contributed by atoms with van der Waals surface area (Å²) in [6.45, 7) is 13.6. The fraction of sp³-hybridized carbons (Fsp3) is 0.833. The van der Waals surface area contributed by atoms with Crippen LogP contribution in [0.5, 0.6) is 0 Å². The van der Waals surface area contributed by atoms with Crippen LogP contribution in [0.15, 0.2) is 0 Å². The SMILES string of the molecule is CCC(CC)C(=O)CC(=O)[O-].CCC(CC)C(=O)CC(=O)[O-].CCCC[O][Ti+2][O]CCCC. The first-order chi connectivity index (χ1) is 15.6. The Morgan fingerprint density at radius 2 is 0.939 bits per heavy atom. The van der Waals surface area contributed by atoms with Crippen LogP contribution < -0.4 is 10.2 Å². The molecular weight excluding hydrogens is 464 g/mol. The number of carboxylic acid groups (broad SMARTS) is 2. The van der Waals surface area contributed by atoms with Gasteiger partial charge in [-0.2, -0.15) is 0 Å². The number of carbonyl (C=O) groups is 4. The minimum absolute atomic E-state index is 0.104. The van der Waals surface area contributed by atoms with Crippen molar-refractivity contribution in [3.8, 4) is 0 Å². The summed E-state index contributed by atoms with van der Waals surface area (Å²) in [4.78, 5) is 42.0. The van der Waals surface area contributed by atoms with Crippen molar-refractivity contribution in [1.82, 2.24) is 0 Å². The summed E-state index contributed by atoms with van der Waals surface area (Å²) in [5, 5.41) is 20.0. The van der Waals surface area contributed by atoms with Gasteiger partial charge in [-0.3, -0.25) is 9.59 Å². The Labute approximate surface area is 210 Å². The number of hydrogen-bond donors (Lipinski definition) is 0. The first-order valence-electron chi connectivity index (χ1n) is 12.1. The number of unbranched alkanes of at least 4 members (excludes halogenated alkanes) is 2. The van der Waals surface area contributed by atoms with Crippen molar-refractivity contribution in [1.29, 1.82) is 0 Å². The molecule has 192 valence electrons. The van der Waals surface area contributed by atoms with Crippen molar-refractivity contribution in [3.63, 3.8) is 0 Å². The van der Waals surface area contributed by atoms with E-state index >= 15 is 0 Å². The molecule has 0 N–H and O–H groups in total. The Balaban J connectivity index is -0.000000409. The zero-order valence-corrected chi connectivity index (χ0v) is 23.0. The van der Waals surface area contributed by atoms with Crippen molar-refractivity contribution in [2.75, 3.05) is 13.2 Å². The molecule has 0 aliphatic carbocycles. The Morgan fingerprint density at radius 1 is 0.636 bits per heavy atom. The zero-order valence-electron chi connectivity index (χ0n) is 21.4. The normalized spacial score (nSPS) is 9.94. The van der Waals surface area contributed by atoms with Gasteiger partial charge in [-0.25, -0.2) is 0 Å². The number of ketones is 2. The van der Waals surface area contributed by atoms with Gasteiger partial charge in [-0.1, -0.05) is 27.7 Å². The first kappa shape index (κ1) is 36.5. The van der Waals surface area contributed by atoms with E-state index in [-0.39, 0.29) is 23.4 Å². The second-order valence-corrected chi connectivity index (χ2v) is 8.71. The topological polar surface area (TPSA) is 133 Å². The van der Waals surface area contributed by atoms with Crippen LogP contribution in [0.2, 0.25) is 0 Å². The number of hydrogen-bond acceptors (Lipinski definition) is 8. The van der Waals surface area contributed by atoms with Gasteiger partial charge in [0.2, 0.25) is 0 Å². The molecule has 0 atom stereocenters. The van der Waals surface area contributed by atoms with Gasteiger partial charge in [0.15, 0.2) is 0 Å². The molecule has 0 amide bonds. The van der Waals surface area contributed by atoms with E-state index < -0.39 is 44.7 Å². The molecule has 0 saturated carbocycles. The summed E-state index contributed by atoms with van der Waals surface area (Å²) in [5.41, 5.74) is 0. The number of rotatable bonds is 18. The Hall–Kier alpha value is -1.09. The van der Waals surface area contributed by atoms with Crippen LogP contribution in [0.3, 0.4) is 0 Å². The quantitative estimate of drug-likeness (QED) is 0.157. The van der Waals surface area contributed by atoms with Crippen LogP contribution >= 0.6 is 0 Å². The number of carbonyl (C=O) groups excluding carboxylic acids is 4. The molecule has 0 saturated heterocycles. The van der Waals surface area contributed by atoms with E-state index in [1.165, 1.54) is 25.7 Å². The number of carboxylic acids is 2. The maximum absolute atomic E-state index is 11.0. The summed E-state index contributed by atoms with van der Waals surface area (Å²) >= 11 is -0.519. The van der Waals surface area contributed by atoms with E-state index in [2.05, 4.69) is 13.8 Å². The van der Waals surface area contributed by atoms with E-state index in [0.29, 0.717) is 25.7 Å². The van der Waals surface area contributed by atoms with E-state index in [9.17, 15) is 29.4 Å². The molecule has 0 aromatic rings. The summed E-state index contributed by atoms with van der Waals surface area (Å²) in [6, 6.07) is 0. The molecule has 0 rings (SSSR count). The van der Waals surface area contributed by atoms with Gasteiger partial charge in [0.25, 0.3) is 0 Å². The van der Waals surface area contributed by atoms with Crippen LogP contribution in [0.4, 0.5) is 0 Å². The molecule has 33 heavy (non-hydrogen) atoms. The summed E-state index contributed by atoms with van der Waals surface area (Å²) in [5.74, 6) is -3.19. The van der Waals surface area contributed by atoms with E-state index in [1.807, 2.05) is 27.7 Å². The molecule has 0 aromatic heterocycles. The molecule has 0 bridgehead atoms. The van der Waals surface area contributed by atoms with Crippen molar-refractivity contribution >= 4 is 23.5 Å². The average Bonchev–Trinajstić information content (AvgIpc) is 2.75. The molecule has 0 aliphatic rings. The van der Waals surface area contributed by atoms with Crippen LogP contribution in [0, 0.1) is 11.8 Å². The van der Waals surface area contributed by atoms with Gasteiger partial charge >= 0.3 is 79.3 Å². The van der Waals surface area contributed by atoms with E-state index in [4.69, 9.17) is 6.64 Å². The third-order valence-corrected chi connectivity index (χ3v) is 5.84. The van der Waals surface area contributed by atoms with Crippen LogP contribution in [-0.4, -0.2) is 36.7 Å². The molecule has 0 radical (unpaired) electrons. The second kappa shape index (κ2) is 27.2. The Kier molecular flexibility index (Phi) is 30.0. The van der Waals surface area contributed by atoms with Gasteiger partial charge in [0, 0.05) is 36.6 Å². The summed E-state index contributed by atoms with van der Waals surface area (Å²) in [6.07, 6.45) is 6.72. The average molecular weight is 508 g/mol. The van der Waals surface area contributed by atoms with Gasteiger partial charge in [0.05, 0.1) is 0 Å². The molecule has 0 aliphatic heterocycles. The molecule has 0 fully saturated rings. The van der Waals surface area contributed by atoms with Crippen LogP contribution in [0.25, 0.3) is 0 Å². The molecule has 0 aromatic carbocycles. The van der Waals surface area contributed by atoms with E-state index in [1.54, 1.807) is 0 Å². The fourth-order valence-electron chi connectivity index (χ4n) is 2.62. The molecule has 0 heterocycles. The number of Topliss-reactive ketones (excluding diaryl/α,β-unsaturated/α-hetero) is 2. The monoisotopic (exact) mass is 508 g/mol. The molecular formula is C24H44O8Ti. The van der Waals surface area contributed by atoms with E-state index in [0.717, 1.165) is 13.2 Å². The zero-order chi connectivity index (χ0) is 26.1. The molecule has 8 nitrogen and oxygen atoms in total. The standard InChI is InChI=1S/2C8H14O3.2C4H9O.Ti/c2*1-3-6(4-2)7(9)5-8(10)11;2*1-2-3-4-5;/h2*6H,3-5H2,1-2H3,(H,10,11);2*2-4H2,1H3;/q;;2*-1;+4/p-2. The van der Waals surface area contributed by atoms with Crippen molar-refractivity contribution < 1.29 is 56.0 Å². The maximum atomic E-state index is 11.0. The van der Waals surface area contributed by atoms with Crippen LogP contribution in [-0.2, 0) is 45.7 Å². The predicted molar refractivity (Wildman–Crippen MR) is 119 cm³/mol. The van der Waals surface area contributed by atoms with Gasteiger partial charge in [-0.05, 0) is 25.7 Å². The first-order valence-corrected chi connectivity index (χ1v) is 13.4. The van der Waals surface area contributed by atoms with Crippen molar-refractivity contribution in [3.05, 3.63) is 0 Å². The fourth-order valence-corrected chi connectivity index (χ4v) is 3.46. The second-order valence-electron chi connectivity index (χ2n) is 7.54. The molecule has 0 unspecified atom stereocenters. The van der Waals surface area contributed by atoms with Crippen molar-refractivity contribution in [2.45, 2.75) is 106 Å². The predicted octanol–water partition coefficient (Wildman–Crippen LogP) is 2.80. The Bertz CT molecular complexity index is 459. The summed E-state index contributed by atoms with van der Waals surface area (Å²) in [7, 11) is 0. The minimum atomic E-state index is -1.28. The summed E-state index contributed by atoms with van der Waals surface area (Å²) < 4.78 is 10.6. The third kappa shape index (κ3) is 27.0. The molecule has 0 spiro atoms. The van der Waals surface area contributed by atoms with Gasteiger partial charge in [0.1, 0.15) is 11.6 Å². The Morgan fingerprint density at radius 3 is 1.15 bits per heavy atom. The van der Waals surface area contributed by atoms with Crippen molar-refractivity contribution in [2.24, 2.45) is 11.8 Å².